The van der Waals surface area contributed by atoms with E-state index in [1.165, 1.54) is 11.1 Å². The lowest BCUT2D eigenvalue weighted by molar-refractivity contribution is -0.117. The van der Waals surface area contributed by atoms with E-state index in [-0.39, 0.29) is 29.5 Å². The van der Waals surface area contributed by atoms with Crippen molar-refractivity contribution in [2.45, 2.75) is 18.6 Å². The summed E-state index contributed by atoms with van der Waals surface area (Å²) in [4.78, 5) is 28.2. The fraction of sp³-hybridized carbons (Fsp3) is 0.500. The van der Waals surface area contributed by atoms with Crippen molar-refractivity contribution < 1.29 is 18.7 Å². The standard InChI is InChI=1S/C10H12N2O4S/c1-2-15-9(14)7-4-11-10(16-7)12-5-6(17)3-8(12)13/h4,6,17H,2-3,5H2,1H3. The molecule has 0 spiro atoms. The van der Waals surface area contributed by atoms with Crippen LogP contribution in [0.25, 0.3) is 0 Å². The third-order valence-electron chi connectivity index (χ3n) is 2.31. The van der Waals surface area contributed by atoms with E-state index in [9.17, 15) is 9.59 Å². The summed E-state index contributed by atoms with van der Waals surface area (Å²) >= 11 is 4.22. The van der Waals surface area contributed by atoms with Crippen LogP contribution in [-0.4, -0.2) is 35.3 Å². The molecule has 0 saturated carbocycles. The van der Waals surface area contributed by atoms with E-state index >= 15 is 0 Å². The van der Waals surface area contributed by atoms with Crippen LogP contribution in [-0.2, 0) is 9.53 Å². The lowest BCUT2D eigenvalue weighted by Crippen LogP contribution is -2.24. The number of amides is 1. The molecule has 0 N–H and O–H groups in total. The Morgan fingerprint density at radius 1 is 1.76 bits per heavy atom. The van der Waals surface area contributed by atoms with E-state index in [0.29, 0.717) is 13.0 Å². The highest BCUT2D eigenvalue weighted by Gasteiger charge is 2.32. The molecule has 1 atom stereocenters. The van der Waals surface area contributed by atoms with Gasteiger partial charge in [0.25, 0.3) is 0 Å². The van der Waals surface area contributed by atoms with Gasteiger partial charge in [-0.3, -0.25) is 9.69 Å². The van der Waals surface area contributed by atoms with Gasteiger partial charge in [0.05, 0.1) is 12.8 Å². The second kappa shape index (κ2) is 4.79. The molecule has 1 aromatic heterocycles. The predicted molar refractivity (Wildman–Crippen MR) is 62.2 cm³/mol. The first kappa shape index (κ1) is 12.0. The average Bonchev–Trinajstić information content (AvgIpc) is 2.85. The van der Waals surface area contributed by atoms with Crippen molar-refractivity contribution in [3.63, 3.8) is 0 Å². The Morgan fingerprint density at radius 2 is 2.53 bits per heavy atom. The van der Waals surface area contributed by atoms with Gasteiger partial charge in [0.15, 0.2) is 0 Å². The molecule has 2 rings (SSSR count). The van der Waals surface area contributed by atoms with Crippen LogP contribution in [0.2, 0.25) is 0 Å². The quantitative estimate of drug-likeness (QED) is 0.642. The normalized spacial score (nSPS) is 19.8. The summed E-state index contributed by atoms with van der Waals surface area (Å²) in [5, 5.41) is -0.0274. The highest BCUT2D eigenvalue weighted by Crippen LogP contribution is 2.23. The van der Waals surface area contributed by atoms with Gasteiger partial charge in [-0.15, -0.1) is 0 Å². The zero-order valence-electron chi connectivity index (χ0n) is 9.25. The molecule has 6 nitrogen and oxygen atoms in total. The molecule has 0 radical (unpaired) electrons. The Bertz CT molecular complexity index is 445. The lowest BCUT2D eigenvalue weighted by Gasteiger charge is -2.09. The van der Waals surface area contributed by atoms with E-state index in [0.717, 1.165) is 0 Å². The van der Waals surface area contributed by atoms with Crippen molar-refractivity contribution in [2.75, 3.05) is 18.1 Å². The number of carbonyl (C=O) groups excluding carboxylic acids is 2. The molecule has 2 heterocycles. The summed E-state index contributed by atoms with van der Waals surface area (Å²) in [6.07, 6.45) is 1.60. The highest BCUT2D eigenvalue weighted by molar-refractivity contribution is 7.81. The fourth-order valence-corrected chi connectivity index (χ4v) is 1.88. The summed E-state index contributed by atoms with van der Waals surface area (Å²) in [5.74, 6) is -0.695. The zero-order valence-corrected chi connectivity index (χ0v) is 10.1. The van der Waals surface area contributed by atoms with Crippen molar-refractivity contribution in [3.05, 3.63) is 12.0 Å². The van der Waals surface area contributed by atoms with Gasteiger partial charge >= 0.3 is 12.0 Å². The number of oxazole rings is 1. The van der Waals surface area contributed by atoms with Crippen molar-refractivity contribution in [2.24, 2.45) is 0 Å². The minimum atomic E-state index is -0.583. The first-order valence-corrected chi connectivity index (χ1v) is 5.74. The van der Waals surface area contributed by atoms with Gasteiger partial charge in [-0.1, -0.05) is 0 Å². The second-order valence-corrected chi connectivity index (χ2v) is 4.32. The monoisotopic (exact) mass is 256 g/mol. The van der Waals surface area contributed by atoms with Crippen LogP contribution in [0.4, 0.5) is 6.01 Å². The van der Waals surface area contributed by atoms with E-state index in [4.69, 9.17) is 9.15 Å². The minimum Gasteiger partial charge on any atom is -0.460 e. The van der Waals surface area contributed by atoms with E-state index in [1.807, 2.05) is 0 Å². The first-order valence-electron chi connectivity index (χ1n) is 5.23. The number of nitrogens with zero attached hydrogens (tertiary/aromatic N) is 2. The maximum absolute atomic E-state index is 11.6. The summed E-state index contributed by atoms with van der Waals surface area (Å²) in [7, 11) is 0. The molecule has 0 aliphatic carbocycles. The van der Waals surface area contributed by atoms with Crippen LogP contribution >= 0.6 is 12.6 Å². The van der Waals surface area contributed by atoms with E-state index in [1.54, 1.807) is 6.92 Å². The van der Waals surface area contributed by atoms with Gasteiger partial charge in [0, 0.05) is 18.2 Å². The molecule has 1 aliphatic heterocycles. The maximum Gasteiger partial charge on any atom is 0.376 e. The van der Waals surface area contributed by atoms with Gasteiger partial charge in [-0.05, 0) is 6.92 Å². The topological polar surface area (TPSA) is 72.6 Å². The summed E-state index contributed by atoms with van der Waals surface area (Å²) in [6, 6.07) is 0.120. The van der Waals surface area contributed by atoms with Crippen molar-refractivity contribution in [1.29, 1.82) is 0 Å². The minimum absolute atomic E-state index is 0.00253. The summed E-state index contributed by atoms with van der Waals surface area (Å²) in [6.45, 7) is 2.39. The number of ether oxygens (including phenoxy) is 1. The number of hydrogen-bond acceptors (Lipinski definition) is 6. The molecular weight excluding hydrogens is 244 g/mol. The van der Waals surface area contributed by atoms with Gasteiger partial charge in [0.1, 0.15) is 0 Å². The number of esters is 1. The number of anilines is 1. The molecule has 1 amide bonds. The van der Waals surface area contributed by atoms with Gasteiger partial charge in [-0.2, -0.15) is 12.6 Å². The predicted octanol–water partition coefficient (Wildman–Crippen LogP) is 0.886. The lowest BCUT2D eigenvalue weighted by atomic mass is 10.4. The largest absolute Gasteiger partial charge is 0.460 e. The molecule has 7 heteroatoms. The molecule has 1 unspecified atom stereocenters. The van der Waals surface area contributed by atoms with Crippen molar-refractivity contribution in [3.8, 4) is 0 Å². The summed E-state index contributed by atoms with van der Waals surface area (Å²) < 4.78 is 9.95. The molecule has 17 heavy (non-hydrogen) atoms. The van der Waals surface area contributed by atoms with Crippen LogP contribution in [0.3, 0.4) is 0 Å². The molecule has 1 aromatic rings. The highest BCUT2D eigenvalue weighted by atomic mass is 32.1. The van der Waals surface area contributed by atoms with Crippen LogP contribution in [0.15, 0.2) is 10.6 Å². The Morgan fingerprint density at radius 3 is 3.12 bits per heavy atom. The molecule has 1 fully saturated rings. The first-order chi connectivity index (χ1) is 8.11. The Labute approximate surface area is 103 Å². The fourth-order valence-electron chi connectivity index (χ4n) is 1.56. The number of aromatic nitrogens is 1. The number of carbonyl (C=O) groups is 2. The third-order valence-corrected chi connectivity index (χ3v) is 2.65. The molecule has 1 aliphatic rings. The zero-order chi connectivity index (χ0) is 12.4. The molecule has 0 aromatic carbocycles. The average molecular weight is 256 g/mol. The van der Waals surface area contributed by atoms with Gasteiger partial charge in [-0.25, -0.2) is 9.78 Å². The Balaban J connectivity index is 2.13. The van der Waals surface area contributed by atoms with Crippen LogP contribution in [0.1, 0.15) is 23.9 Å². The maximum atomic E-state index is 11.6. The third kappa shape index (κ3) is 2.44. The van der Waals surface area contributed by atoms with Gasteiger partial charge < -0.3 is 9.15 Å². The molecule has 1 saturated heterocycles. The van der Waals surface area contributed by atoms with Crippen molar-refractivity contribution in [1.82, 2.24) is 4.98 Å². The Hall–Kier alpha value is -1.50. The smallest absolute Gasteiger partial charge is 0.376 e. The second-order valence-electron chi connectivity index (χ2n) is 3.59. The van der Waals surface area contributed by atoms with Crippen LogP contribution in [0.5, 0.6) is 0 Å². The van der Waals surface area contributed by atoms with E-state index in [2.05, 4.69) is 17.6 Å². The van der Waals surface area contributed by atoms with Gasteiger partial charge in [0.2, 0.25) is 11.7 Å². The SMILES string of the molecule is CCOC(=O)c1cnc(N2CC(S)CC2=O)o1. The molecular formula is C10H12N2O4S. The summed E-state index contributed by atoms with van der Waals surface area (Å²) in [5.41, 5.74) is 0. The Kier molecular flexibility index (Phi) is 3.37. The number of thiol groups is 1. The van der Waals surface area contributed by atoms with Crippen molar-refractivity contribution >= 4 is 30.5 Å². The van der Waals surface area contributed by atoms with Crippen LogP contribution in [0, 0.1) is 0 Å². The number of rotatable bonds is 3. The molecule has 0 bridgehead atoms. The van der Waals surface area contributed by atoms with Crippen LogP contribution < -0.4 is 4.90 Å². The number of hydrogen-bond donors (Lipinski definition) is 1. The molecule has 92 valence electrons. The van der Waals surface area contributed by atoms with E-state index < -0.39 is 5.97 Å².